The third-order valence-electron chi connectivity index (χ3n) is 3.56. The predicted molar refractivity (Wildman–Crippen MR) is 77.0 cm³/mol. The first-order valence-corrected chi connectivity index (χ1v) is 6.76. The molecule has 1 saturated heterocycles. The second kappa shape index (κ2) is 5.63. The Morgan fingerprint density at radius 1 is 1.43 bits per heavy atom. The predicted octanol–water partition coefficient (Wildman–Crippen LogP) is 0.488. The largest absolute Gasteiger partial charge is 0.379 e. The molecule has 2 aromatic heterocycles. The van der Waals surface area contributed by atoms with Crippen LogP contribution >= 0.6 is 0 Å². The summed E-state index contributed by atoms with van der Waals surface area (Å²) >= 11 is 0. The number of imidazole rings is 1. The molecule has 2 unspecified atom stereocenters. The Morgan fingerprint density at radius 3 is 2.95 bits per heavy atom. The molecule has 3 N–H and O–H groups in total. The van der Waals surface area contributed by atoms with Gasteiger partial charge in [0.05, 0.1) is 24.8 Å². The number of pyridine rings is 1. The second-order valence-corrected chi connectivity index (χ2v) is 5.02. The van der Waals surface area contributed by atoms with Crippen LogP contribution < -0.4 is 11.1 Å². The summed E-state index contributed by atoms with van der Waals surface area (Å²) in [7, 11) is 0. The van der Waals surface area contributed by atoms with Gasteiger partial charge in [0, 0.05) is 24.6 Å². The molecule has 0 aromatic carbocycles. The number of hydrogen-bond acceptors (Lipinski definition) is 5. The van der Waals surface area contributed by atoms with Gasteiger partial charge in [0.1, 0.15) is 5.82 Å². The Labute approximate surface area is 122 Å². The van der Waals surface area contributed by atoms with Crippen molar-refractivity contribution in [3.8, 4) is 5.82 Å². The van der Waals surface area contributed by atoms with Crippen molar-refractivity contribution in [2.24, 2.45) is 11.7 Å². The number of nitrogens with one attached hydrogen (secondary N) is 1. The maximum Gasteiger partial charge on any atom is 0.231 e. The van der Waals surface area contributed by atoms with Gasteiger partial charge >= 0.3 is 0 Å². The summed E-state index contributed by atoms with van der Waals surface area (Å²) in [5.74, 6) is 0.951. The molecule has 110 valence electrons. The minimum Gasteiger partial charge on any atom is -0.379 e. The summed E-state index contributed by atoms with van der Waals surface area (Å²) in [6.07, 6.45) is 5.17. The summed E-state index contributed by atoms with van der Waals surface area (Å²) < 4.78 is 7.05. The number of hydrogen-bond donors (Lipinski definition) is 2. The van der Waals surface area contributed by atoms with Crippen LogP contribution in [0.1, 0.15) is 5.82 Å². The molecule has 1 aliphatic heterocycles. The lowest BCUT2D eigenvalue weighted by Crippen LogP contribution is -2.37. The van der Waals surface area contributed by atoms with Crippen molar-refractivity contribution < 1.29 is 9.53 Å². The van der Waals surface area contributed by atoms with Gasteiger partial charge in [-0.1, -0.05) is 0 Å². The number of nitrogens with two attached hydrogens (primary N) is 1. The summed E-state index contributed by atoms with van der Waals surface area (Å²) in [6, 6.07) is 3.32. The number of anilines is 1. The first-order valence-electron chi connectivity index (χ1n) is 6.76. The van der Waals surface area contributed by atoms with Crippen molar-refractivity contribution in [2.45, 2.75) is 13.0 Å². The van der Waals surface area contributed by atoms with Gasteiger partial charge in [-0.05, 0) is 19.1 Å². The highest BCUT2D eigenvalue weighted by Crippen LogP contribution is 2.21. The van der Waals surface area contributed by atoms with E-state index in [1.165, 1.54) is 0 Å². The third-order valence-corrected chi connectivity index (χ3v) is 3.56. The zero-order chi connectivity index (χ0) is 14.8. The molecule has 3 heterocycles. The van der Waals surface area contributed by atoms with Crippen LogP contribution in [-0.2, 0) is 9.53 Å². The maximum atomic E-state index is 12.3. The first kappa shape index (κ1) is 13.7. The van der Waals surface area contributed by atoms with Crippen molar-refractivity contribution in [3.63, 3.8) is 0 Å². The lowest BCUT2D eigenvalue weighted by Gasteiger charge is -2.16. The molecule has 2 atom stereocenters. The monoisotopic (exact) mass is 287 g/mol. The van der Waals surface area contributed by atoms with Crippen LogP contribution in [-0.4, -0.2) is 39.7 Å². The molecular formula is C14H17N5O2. The third kappa shape index (κ3) is 2.65. The average molecular weight is 287 g/mol. The number of ether oxygens (including phenoxy) is 1. The average Bonchev–Trinajstić information content (AvgIpc) is 3.08. The van der Waals surface area contributed by atoms with E-state index < -0.39 is 0 Å². The number of amides is 1. The van der Waals surface area contributed by atoms with Gasteiger partial charge < -0.3 is 15.8 Å². The second-order valence-electron chi connectivity index (χ2n) is 5.02. The van der Waals surface area contributed by atoms with Crippen LogP contribution in [0.5, 0.6) is 0 Å². The molecular weight excluding hydrogens is 270 g/mol. The van der Waals surface area contributed by atoms with E-state index >= 15 is 0 Å². The van der Waals surface area contributed by atoms with Crippen LogP contribution in [0.2, 0.25) is 0 Å². The fourth-order valence-corrected chi connectivity index (χ4v) is 2.35. The van der Waals surface area contributed by atoms with E-state index in [-0.39, 0.29) is 17.9 Å². The fraction of sp³-hybridized carbons (Fsp3) is 0.357. The van der Waals surface area contributed by atoms with E-state index in [1.807, 2.05) is 11.5 Å². The molecule has 1 amide bonds. The van der Waals surface area contributed by atoms with Crippen LogP contribution in [0.25, 0.3) is 5.82 Å². The molecule has 21 heavy (non-hydrogen) atoms. The number of carbonyl (C=O) groups excluding carboxylic acids is 1. The lowest BCUT2D eigenvalue weighted by atomic mass is 10.0. The van der Waals surface area contributed by atoms with Crippen molar-refractivity contribution >= 4 is 11.6 Å². The quantitative estimate of drug-likeness (QED) is 0.856. The maximum absolute atomic E-state index is 12.3. The Morgan fingerprint density at radius 2 is 2.29 bits per heavy atom. The standard InChI is InChI=1S/C14H17N5O2/c1-9-16-5-6-19(9)13-12(3-2-4-17-13)18-14(20)10-7-21-8-11(10)15/h2-6,10-11H,7-8,15H2,1H3,(H,18,20). The van der Waals surface area contributed by atoms with E-state index in [0.29, 0.717) is 24.7 Å². The van der Waals surface area contributed by atoms with Gasteiger partial charge in [-0.2, -0.15) is 0 Å². The Hall–Kier alpha value is -2.25. The number of nitrogens with zero attached hydrogens (tertiary/aromatic N) is 3. The Balaban J connectivity index is 1.86. The molecule has 7 heteroatoms. The van der Waals surface area contributed by atoms with E-state index in [9.17, 15) is 4.79 Å². The van der Waals surface area contributed by atoms with E-state index in [0.717, 1.165) is 5.82 Å². The van der Waals surface area contributed by atoms with E-state index in [4.69, 9.17) is 10.5 Å². The topological polar surface area (TPSA) is 95.1 Å². The summed E-state index contributed by atoms with van der Waals surface area (Å²) in [5.41, 5.74) is 6.50. The zero-order valence-corrected chi connectivity index (χ0v) is 11.7. The number of carbonyl (C=O) groups is 1. The Bertz CT molecular complexity index is 654. The highest BCUT2D eigenvalue weighted by atomic mass is 16.5. The SMILES string of the molecule is Cc1nccn1-c1ncccc1NC(=O)C1COCC1N. The van der Waals surface area contributed by atoms with Crippen molar-refractivity contribution in [1.82, 2.24) is 14.5 Å². The molecule has 0 radical (unpaired) electrons. The fourth-order valence-electron chi connectivity index (χ4n) is 2.35. The molecule has 1 fully saturated rings. The van der Waals surface area contributed by atoms with Gasteiger partial charge in [0.15, 0.2) is 5.82 Å². The van der Waals surface area contributed by atoms with Crippen molar-refractivity contribution in [2.75, 3.05) is 18.5 Å². The van der Waals surface area contributed by atoms with Gasteiger partial charge in [0.2, 0.25) is 5.91 Å². The Kier molecular flexibility index (Phi) is 3.68. The summed E-state index contributed by atoms with van der Waals surface area (Å²) in [4.78, 5) is 20.8. The van der Waals surface area contributed by atoms with Crippen LogP contribution in [0.3, 0.4) is 0 Å². The van der Waals surface area contributed by atoms with Crippen LogP contribution in [0, 0.1) is 12.8 Å². The smallest absolute Gasteiger partial charge is 0.231 e. The molecule has 7 nitrogen and oxygen atoms in total. The summed E-state index contributed by atoms with van der Waals surface area (Å²) in [5, 5.41) is 2.89. The normalized spacial score (nSPS) is 21.4. The highest BCUT2D eigenvalue weighted by Gasteiger charge is 2.31. The van der Waals surface area contributed by atoms with Gasteiger partial charge in [0.25, 0.3) is 0 Å². The molecule has 3 rings (SSSR count). The van der Waals surface area contributed by atoms with Crippen molar-refractivity contribution in [3.05, 3.63) is 36.5 Å². The number of rotatable bonds is 3. The van der Waals surface area contributed by atoms with Gasteiger partial charge in [-0.25, -0.2) is 9.97 Å². The molecule has 0 bridgehead atoms. The number of aromatic nitrogens is 3. The van der Waals surface area contributed by atoms with Gasteiger partial charge in [-0.3, -0.25) is 9.36 Å². The minimum absolute atomic E-state index is 0.146. The van der Waals surface area contributed by atoms with E-state index in [2.05, 4.69) is 15.3 Å². The molecule has 2 aromatic rings. The van der Waals surface area contributed by atoms with Crippen LogP contribution in [0.15, 0.2) is 30.7 Å². The molecule has 0 aliphatic carbocycles. The van der Waals surface area contributed by atoms with E-state index in [1.54, 1.807) is 30.7 Å². The first-order chi connectivity index (χ1) is 10.2. The minimum atomic E-state index is -0.332. The van der Waals surface area contributed by atoms with Crippen LogP contribution in [0.4, 0.5) is 5.69 Å². The highest BCUT2D eigenvalue weighted by molar-refractivity contribution is 5.94. The van der Waals surface area contributed by atoms with Crippen molar-refractivity contribution in [1.29, 1.82) is 0 Å². The lowest BCUT2D eigenvalue weighted by molar-refractivity contribution is -0.120. The zero-order valence-electron chi connectivity index (χ0n) is 11.7. The molecule has 1 aliphatic rings. The van der Waals surface area contributed by atoms with Gasteiger partial charge in [-0.15, -0.1) is 0 Å². The molecule has 0 saturated carbocycles. The summed E-state index contributed by atoms with van der Waals surface area (Å²) in [6.45, 7) is 2.65. The molecule has 0 spiro atoms. The number of aryl methyl sites for hydroxylation is 1.